The lowest BCUT2D eigenvalue weighted by molar-refractivity contribution is 0.100. The van der Waals surface area contributed by atoms with E-state index in [-0.39, 0.29) is 0 Å². The molecule has 1 aliphatic rings. The first-order chi connectivity index (χ1) is 10.1. The molecule has 0 saturated heterocycles. The molecule has 0 fully saturated rings. The second kappa shape index (κ2) is 5.30. The molecule has 0 radical (unpaired) electrons. The second-order valence-corrected chi connectivity index (χ2v) is 5.62. The van der Waals surface area contributed by atoms with E-state index < -0.39 is 5.91 Å². The maximum Gasteiger partial charge on any atom is 0.250 e. The van der Waals surface area contributed by atoms with Crippen molar-refractivity contribution in [2.45, 2.75) is 13.0 Å². The third-order valence-electron chi connectivity index (χ3n) is 3.88. The Morgan fingerprint density at radius 3 is 2.81 bits per heavy atom. The fourth-order valence-electron chi connectivity index (χ4n) is 2.79. The van der Waals surface area contributed by atoms with Crippen LogP contribution in [0.5, 0.6) is 0 Å². The van der Waals surface area contributed by atoms with Crippen molar-refractivity contribution < 1.29 is 4.79 Å². The highest BCUT2D eigenvalue weighted by atomic mass is 35.5. The van der Waals surface area contributed by atoms with Crippen molar-refractivity contribution in [3.8, 4) is 0 Å². The lowest BCUT2D eigenvalue weighted by Crippen LogP contribution is -2.32. The number of hydrogen-bond donors (Lipinski definition) is 2. The Balaban J connectivity index is 2.02. The van der Waals surface area contributed by atoms with Crippen LogP contribution in [0.2, 0.25) is 5.02 Å². The van der Waals surface area contributed by atoms with E-state index in [4.69, 9.17) is 23.1 Å². The van der Waals surface area contributed by atoms with E-state index in [9.17, 15) is 4.79 Å². The molecule has 0 saturated carbocycles. The average Bonchev–Trinajstić information content (AvgIpc) is 2.47. The van der Waals surface area contributed by atoms with Gasteiger partial charge in [0.2, 0.25) is 0 Å². The van der Waals surface area contributed by atoms with Crippen molar-refractivity contribution in [2.24, 2.45) is 5.73 Å². The van der Waals surface area contributed by atoms with E-state index in [1.165, 1.54) is 5.56 Å². The molecule has 108 valence electrons. The van der Waals surface area contributed by atoms with Gasteiger partial charge in [-0.3, -0.25) is 4.79 Å². The minimum absolute atomic E-state index is 0.450. The van der Waals surface area contributed by atoms with Crippen LogP contribution in [0.3, 0.4) is 0 Å². The van der Waals surface area contributed by atoms with Gasteiger partial charge in [0, 0.05) is 23.8 Å². The number of primary amides is 1. The zero-order valence-electron chi connectivity index (χ0n) is 11.5. The predicted molar refractivity (Wildman–Crippen MR) is 85.6 cm³/mol. The van der Waals surface area contributed by atoms with Crippen molar-refractivity contribution in [1.29, 1.82) is 0 Å². The Bertz CT molecular complexity index is 715. The number of hydrogen-bond acceptors (Lipinski definition) is 3. The molecule has 0 spiro atoms. The first-order valence-electron chi connectivity index (χ1n) is 6.77. The normalized spacial score (nSPS) is 13.9. The van der Waals surface area contributed by atoms with Gasteiger partial charge in [-0.05, 0) is 41.8 Å². The Kier molecular flexibility index (Phi) is 3.47. The Morgan fingerprint density at radius 1 is 1.24 bits per heavy atom. The summed E-state index contributed by atoms with van der Waals surface area (Å²) in [5.74, 6) is -0.450. The molecule has 5 heteroatoms. The smallest absolute Gasteiger partial charge is 0.250 e. The van der Waals surface area contributed by atoms with Crippen LogP contribution in [0.4, 0.5) is 11.4 Å². The maximum atomic E-state index is 11.6. The van der Waals surface area contributed by atoms with Crippen molar-refractivity contribution in [1.82, 2.24) is 0 Å². The number of rotatable bonds is 2. The SMILES string of the molecule is NC(=O)c1ccc(Cl)cc1N1CCc2cccc(N)c2C1. The minimum Gasteiger partial charge on any atom is -0.398 e. The van der Waals surface area contributed by atoms with Gasteiger partial charge in [0.25, 0.3) is 5.91 Å². The van der Waals surface area contributed by atoms with Crippen molar-refractivity contribution >= 4 is 28.9 Å². The van der Waals surface area contributed by atoms with Crippen LogP contribution in [0, 0.1) is 0 Å². The molecule has 0 aliphatic carbocycles. The Morgan fingerprint density at radius 2 is 2.05 bits per heavy atom. The summed E-state index contributed by atoms with van der Waals surface area (Å²) < 4.78 is 0. The molecule has 1 aliphatic heterocycles. The van der Waals surface area contributed by atoms with Crippen LogP contribution >= 0.6 is 11.6 Å². The lowest BCUT2D eigenvalue weighted by atomic mass is 9.97. The average molecular weight is 302 g/mol. The van der Waals surface area contributed by atoms with Crippen LogP contribution in [0.1, 0.15) is 21.5 Å². The molecule has 2 aromatic carbocycles. The quantitative estimate of drug-likeness (QED) is 0.837. The second-order valence-electron chi connectivity index (χ2n) is 5.18. The molecule has 4 nitrogen and oxygen atoms in total. The molecule has 1 heterocycles. The van der Waals surface area contributed by atoms with Crippen molar-refractivity contribution in [3.63, 3.8) is 0 Å². The number of benzene rings is 2. The molecule has 1 amide bonds. The highest BCUT2D eigenvalue weighted by molar-refractivity contribution is 6.31. The van der Waals surface area contributed by atoms with Crippen LogP contribution in [0.25, 0.3) is 0 Å². The summed E-state index contributed by atoms with van der Waals surface area (Å²) >= 11 is 6.07. The van der Waals surface area contributed by atoms with Gasteiger partial charge in [0.1, 0.15) is 0 Å². The maximum absolute atomic E-state index is 11.6. The predicted octanol–water partition coefficient (Wildman–Crippen LogP) is 2.58. The van der Waals surface area contributed by atoms with E-state index in [0.717, 1.165) is 29.9 Å². The van der Waals surface area contributed by atoms with E-state index >= 15 is 0 Å². The zero-order chi connectivity index (χ0) is 15.0. The molecule has 2 aromatic rings. The number of nitrogens with two attached hydrogens (primary N) is 2. The van der Waals surface area contributed by atoms with Crippen LogP contribution in [-0.2, 0) is 13.0 Å². The molecule has 3 rings (SSSR count). The summed E-state index contributed by atoms with van der Waals surface area (Å²) in [5, 5.41) is 0.585. The highest BCUT2D eigenvalue weighted by Crippen LogP contribution is 2.31. The molecule has 21 heavy (non-hydrogen) atoms. The molecule has 0 bridgehead atoms. The topological polar surface area (TPSA) is 72.4 Å². The Labute approximate surface area is 128 Å². The van der Waals surface area contributed by atoms with Crippen LogP contribution in [0.15, 0.2) is 36.4 Å². The summed E-state index contributed by atoms with van der Waals surface area (Å²) in [5.41, 5.74) is 15.9. The number of fused-ring (bicyclic) bond motifs is 1. The fraction of sp³-hybridized carbons (Fsp3) is 0.188. The number of carbonyl (C=O) groups is 1. The number of carbonyl (C=O) groups excluding carboxylic acids is 1. The highest BCUT2D eigenvalue weighted by Gasteiger charge is 2.21. The van der Waals surface area contributed by atoms with E-state index in [1.54, 1.807) is 18.2 Å². The largest absolute Gasteiger partial charge is 0.398 e. The lowest BCUT2D eigenvalue weighted by Gasteiger charge is -2.32. The number of nitrogen functional groups attached to an aromatic ring is 1. The van der Waals surface area contributed by atoms with E-state index in [0.29, 0.717) is 17.1 Å². The standard InChI is InChI=1S/C16H16ClN3O/c17-11-4-5-12(16(19)21)15(8-11)20-7-6-10-2-1-3-14(18)13(10)9-20/h1-5,8H,6-7,9,18H2,(H2,19,21). The summed E-state index contributed by atoms with van der Waals surface area (Å²) in [4.78, 5) is 13.7. The molecule has 0 unspecified atom stereocenters. The molecule has 0 atom stereocenters. The summed E-state index contributed by atoms with van der Waals surface area (Å²) in [6.45, 7) is 1.46. The van der Waals surface area contributed by atoms with Crippen molar-refractivity contribution in [2.75, 3.05) is 17.2 Å². The third kappa shape index (κ3) is 2.54. The van der Waals surface area contributed by atoms with Crippen LogP contribution < -0.4 is 16.4 Å². The Hall–Kier alpha value is -2.20. The summed E-state index contributed by atoms with van der Waals surface area (Å²) in [6, 6.07) is 11.1. The molecular weight excluding hydrogens is 286 g/mol. The number of anilines is 2. The third-order valence-corrected chi connectivity index (χ3v) is 4.11. The molecule has 4 N–H and O–H groups in total. The molecular formula is C16H16ClN3O. The minimum atomic E-state index is -0.450. The number of nitrogens with zero attached hydrogens (tertiary/aromatic N) is 1. The monoisotopic (exact) mass is 301 g/mol. The van der Waals surface area contributed by atoms with Gasteiger partial charge in [-0.2, -0.15) is 0 Å². The summed E-state index contributed by atoms with van der Waals surface area (Å²) in [7, 11) is 0. The number of halogens is 1. The van der Waals surface area contributed by atoms with Gasteiger partial charge < -0.3 is 16.4 Å². The van der Waals surface area contributed by atoms with Gasteiger partial charge in [-0.1, -0.05) is 23.7 Å². The van der Waals surface area contributed by atoms with Crippen LogP contribution in [-0.4, -0.2) is 12.5 Å². The van der Waals surface area contributed by atoms with E-state index in [2.05, 4.69) is 11.0 Å². The number of amides is 1. The fourth-order valence-corrected chi connectivity index (χ4v) is 2.95. The van der Waals surface area contributed by atoms with Gasteiger partial charge in [-0.25, -0.2) is 0 Å². The summed E-state index contributed by atoms with van der Waals surface area (Å²) in [6.07, 6.45) is 0.880. The molecule has 0 aromatic heterocycles. The van der Waals surface area contributed by atoms with Gasteiger partial charge in [0.15, 0.2) is 0 Å². The van der Waals surface area contributed by atoms with Gasteiger partial charge in [0.05, 0.1) is 11.3 Å². The first kappa shape index (κ1) is 13.8. The van der Waals surface area contributed by atoms with Gasteiger partial charge >= 0.3 is 0 Å². The zero-order valence-corrected chi connectivity index (χ0v) is 12.2. The van der Waals surface area contributed by atoms with Gasteiger partial charge in [-0.15, -0.1) is 0 Å². The first-order valence-corrected chi connectivity index (χ1v) is 7.14. The van der Waals surface area contributed by atoms with E-state index in [1.807, 2.05) is 12.1 Å². The van der Waals surface area contributed by atoms with Crippen molar-refractivity contribution in [3.05, 3.63) is 58.1 Å².